The third-order valence-corrected chi connectivity index (χ3v) is 7.88. The van der Waals surface area contributed by atoms with Crippen LogP contribution in [-0.4, -0.2) is 44.9 Å². The molecule has 8 heteroatoms. The highest BCUT2D eigenvalue weighted by atomic mass is 35.5. The summed E-state index contributed by atoms with van der Waals surface area (Å²) in [7, 11) is -3.43. The molecule has 1 saturated carbocycles. The molecule has 1 amide bonds. The van der Waals surface area contributed by atoms with Gasteiger partial charge in [-0.1, -0.05) is 54.1 Å². The van der Waals surface area contributed by atoms with E-state index in [9.17, 15) is 13.2 Å². The van der Waals surface area contributed by atoms with Crippen LogP contribution < -0.4 is 5.32 Å². The average molecular weight is 449 g/mol. The molecular weight excluding hydrogens is 424 g/mol. The van der Waals surface area contributed by atoms with Gasteiger partial charge in [0.25, 0.3) is 0 Å². The van der Waals surface area contributed by atoms with Gasteiger partial charge >= 0.3 is 0 Å². The summed E-state index contributed by atoms with van der Waals surface area (Å²) in [4.78, 5) is 12.6. The van der Waals surface area contributed by atoms with Crippen molar-refractivity contribution >= 4 is 27.5 Å². The highest BCUT2D eigenvalue weighted by molar-refractivity contribution is 7.88. The normalized spacial score (nSPS) is 21.9. The lowest BCUT2D eigenvalue weighted by Gasteiger charge is -2.26. The monoisotopic (exact) mass is 448 g/mol. The molecule has 2 aliphatic rings. The molecule has 1 aliphatic heterocycles. The van der Waals surface area contributed by atoms with E-state index in [1.54, 1.807) is 0 Å². The summed E-state index contributed by atoms with van der Waals surface area (Å²) >= 11 is 6.25. The summed E-state index contributed by atoms with van der Waals surface area (Å²) in [5.74, 6) is -0.0411. The fourth-order valence-electron chi connectivity index (χ4n) is 3.90. The highest BCUT2D eigenvalue weighted by Gasteiger charge is 2.44. The van der Waals surface area contributed by atoms with Gasteiger partial charge < -0.3 is 10.1 Å². The molecule has 2 aromatic carbocycles. The largest absolute Gasteiger partial charge is 0.379 e. The van der Waals surface area contributed by atoms with Crippen LogP contribution in [-0.2, 0) is 31.9 Å². The maximum atomic E-state index is 12.8. The van der Waals surface area contributed by atoms with Crippen LogP contribution in [0.2, 0.25) is 5.02 Å². The first-order chi connectivity index (χ1) is 14.5. The van der Waals surface area contributed by atoms with Crippen LogP contribution in [0.5, 0.6) is 0 Å². The molecule has 30 heavy (non-hydrogen) atoms. The van der Waals surface area contributed by atoms with Crippen molar-refractivity contribution in [1.82, 2.24) is 9.62 Å². The second-order valence-electron chi connectivity index (χ2n) is 7.72. The SMILES string of the molecule is O=C(NCc1ccccc1CS(=O)(=O)N1CCOCC1)C1CC1c1ccccc1Cl. The third-order valence-electron chi connectivity index (χ3n) is 5.70. The summed E-state index contributed by atoms with van der Waals surface area (Å²) in [6, 6.07) is 15.0. The lowest BCUT2D eigenvalue weighted by Crippen LogP contribution is -2.41. The Morgan fingerprint density at radius 1 is 1.07 bits per heavy atom. The molecule has 1 N–H and O–H groups in total. The molecule has 6 nitrogen and oxygen atoms in total. The third kappa shape index (κ3) is 4.86. The van der Waals surface area contributed by atoms with Crippen LogP contribution in [0.4, 0.5) is 0 Å². The van der Waals surface area contributed by atoms with E-state index in [2.05, 4.69) is 5.32 Å². The predicted octanol–water partition coefficient (Wildman–Crippen LogP) is 2.92. The number of morpholine rings is 1. The Morgan fingerprint density at radius 2 is 1.73 bits per heavy atom. The van der Waals surface area contributed by atoms with Gasteiger partial charge in [0, 0.05) is 30.6 Å². The Morgan fingerprint density at radius 3 is 2.47 bits per heavy atom. The van der Waals surface area contributed by atoms with Crippen molar-refractivity contribution in [3.8, 4) is 0 Å². The van der Waals surface area contributed by atoms with Gasteiger partial charge in [-0.2, -0.15) is 4.31 Å². The van der Waals surface area contributed by atoms with E-state index in [-0.39, 0.29) is 23.5 Å². The number of ether oxygens (including phenoxy) is 1. The molecule has 1 heterocycles. The van der Waals surface area contributed by atoms with Crippen molar-refractivity contribution in [1.29, 1.82) is 0 Å². The lowest BCUT2D eigenvalue weighted by atomic mass is 10.1. The second kappa shape index (κ2) is 9.06. The molecule has 4 rings (SSSR count). The Bertz CT molecular complexity index is 1020. The van der Waals surface area contributed by atoms with Gasteiger partial charge in [-0.25, -0.2) is 8.42 Å². The van der Waals surface area contributed by atoms with Crippen LogP contribution >= 0.6 is 11.6 Å². The Hall–Kier alpha value is -1.93. The molecule has 1 aliphatic carbocycles. The van der Waals surface area contributed by atoms with Crippen molar-refractivity contribution < 1.29 is 17.9 Å². The number of halogens is 1. The fourth-order valence-corrected chi connectivity index (χ4v) is 5.74. The van der Waals surface area contributed by atoms with E-state index in [1.807, 2.05) is 48.5 Å². The number of benzene rings is 2. The maximum Gasteiger partial charge on any atom is 0.224 e. The molecule has 0 radical (unpaired) electrons. The van der Waals surface area contributed by atoms with Crippen molar-refractivity contribution in [3.05, 3.63) is 70.2 Å². The summed E-state index contributed by atoms with van der Waals surface area (Å²) in [6.07, 6.45) is 0.780. The van der Waals surface area contributed by atoms with E-state index in [0.29, 0.717) is 43.4 Å². The molecule has 0 aromatic heterocycles. The lowest BCUT2D eigenvalue weighted by molar-refractivity contribution is -0.122. The maximum absolute atomic E-state index is 12.8. The first-order valence-corrected chi connectivity index (χ1v) is 12.1. The molecular formula is C22H25ClN2O4S. The van der Waals surface area contributed by atoms with Crippen LogP contribution in [0.3, 0.4) is 0 Å². The summed E-state index contributed by atoms with van der Waals surface area (Å²) in [5.41, 5.74) is 2.54. The van der Waals surface area contributed by atoms with Gasteiger partial charge in [0.1, 0.15) is 0 Å². The summed E-state index contributed by atoms with van der Waals surface area (Å²) < 4.78 is 32.3. The van der Waals surface area contributed by atoms with Crippen LogP contribution in [0.15, 0.2) is 48.5 Å². The minimum absolute atomic E-state index is 0.0224. The second-order valence-corrected chi connectivity index (χ2v) is 10.1. The minimum Gasteiger partial charge on any atom is -0.379 e. The molecule has 0 bridgehead atoms. The van der Waals surface area contributed by atoms with Crippen LogP contribution in [0.25, 0.3) is 0 Å². The van der Waals surface area contributed by atoms with E-state index in [1.165, 1.54) is 4.31 Å². The highest BCUT2D eigenvalue weighted by Crippen LogP contribution is 2.49. The number of nitrogens with one attached hydrogen (secondary N) is 1. The molecule has 2 unspecified atom stereocenters. The number of nitrogens with zero attached hydrogens (tertiary/aromatic N) is 1. The molecule has 2 fully saturated rings. The van der Waals surface area contributed by atoms with Crippen molar-refractivity contribution in [2.75, 3.05) is 26.3 Å². The number of hydrogen-bond acceptors (Lipinski definition) is 4. The van der Waals surface area contributed by atoms with Gasteiger partial charge in [-0.3, -0.25) is 4.79 Å². The Labute approximate surface area is 182 Å². The average Bonchev–Trinajstić information content (AvgIpc) is 3.54. The van der Waals surface area contributed by atoms with E-state index < -0.39 is 10.0 Å². The van der Waals surface area contributed by atoms with Gasteiger partial charge in [0.05, 0.1) is 19.0 Å². The summed E-state index contributed by atoms with van der Waals surface area (Å²) in [6.45, 7) is 1.91. The zero-order valence-corrected chi connectivity index (χ0v) is 18.2. The number of hydrogen-bond donors (Lipinski definition) is 1. The Balaban J connectivity index is 1.38. The Kier molecular flexibility index (Phi) is 6.43. The van der Waals surface area contributed by atoms with Crippen LogP contribution in [0, 0.1) is 5.92 Å². The fraction of sp³-hybridized carbons (Fsp3) is 0.409. The molecule has 160 valence electrons. The number of rotatable bonds is 7. The van der Waals surface area contributed by atoms with Crippen molar-refractivity contribution in [2.24, 2.45) is 5.92 Å². The van der Waals surface area contributed by atoms with Gasteiger partial charge in [-0.05, 0) is 35.1 Å². The molecule has 0 spiro atoms. The van der Waals surface area contributed by atoms with Crippen molar-refractivity contribution in [2.45, 2.75) is 24.6 Å². The minimum atomic E-state index is -3.43. The number of carbonyl (C=O) groups excluding carboxylic acids is 1. The van der Waals surface area contributed by atoms with Gasteiger partial charge in [-0.15, -0.1) is 0 Å². The first kappa shape index (κ1) is 21.3. The molecule has 2 aromatic rings. The number of carbonyl (C=O) groups is 1. The smallest absolute Gasteiger partial charge is 0.224 e. The topological polar surface area (TPSA) is 75.7 Å². The zero-order valence-electron chi connectivity index (χ0n) is 16.6. The van der Waals surface area contributed by atoms with E-state index >= 15 is 0 Å². The standard InChI is InChI=1S/C22H25ClN2O4S/c23-21-8-4-3-7-18(21)19-13-20(19)22(26)24-14-16-5-1-2-6-17(16)15-30(27,28)25-9-11-29-12-10-25/h1-8,19-20H,9-15H2,(H,24,26). The number of amides is 1. The van der Waals surface area contributed by atoms with Gasteiger partial charge in [0.15, 0.2) is 0 Å². The molecule has 2 atom stereocenters. The molecule has 1 saturated heterocycles. The number of sulfonamides is 1. The zero-order chi connectivity index (χ0) is 21.1. The van der Waals surface area contributed by atoms with Gasteiger partial charge in [0.2, 0.25) is 15.9 Å². The predicted molar refractivity (Wildman–Crippen MR) is 116 cm³/mol. The first-order valence-electron chi connectivity index (χ1n) is 10.1. The summed E-state index contributed by atoms with van der Waals surface area (Å²) in [5, 5.41) is 3.67. The van der Waals surface area contributed by atoms with Crippen molar-refractivity contribution in [3.63, 3.8) is 0 Å². The quantitative estimate of drug-likeness (QED) is 0.706. The van der Waals surface area contributed by atoms with Crippen LogP contribution in [0.1, 0.15) is 29.0 Å². The van der Waals surface area contributed by atoms with E-state index in [0.717, 1.165) is 17.5 Å². The van der Waals surface area contributed by atoms with E-state index in [4.69, 9.17) is 16.3 Å².